The van der Waals surface area contributed by atoms with E-state index in [-0.39, 0.29) is 5.91 Å². The summed E-state index contributed by atoms with van der Waals surface area (Å²) >= 11 is 6.15. The fraction of sp³-hybridized carbons (Fsp3) is 0.400. The van der Waals surface area contributed by atoms with Crippen molar-refractivity contribution in [1.82, 2.24) is 9.88 Å². The first-order chi connectivity index (χ1) is 13.0. The second-order valence-electron chi connectivity index (χ2n) is 6.74. The molecule has 3 rings (SSSR count). The molecule has 1 saturated heterocycles. The number of nitrogens with zero attached hydrogens (tertiary/aromatic N) is 2. The quantitative estimate of drug-likeness (QED) is 0.822. The van der Waals surface area contributed by atoms with Gasteiger partial charge in [-0.3, -0.25) is 4.79 Å². The fourth-order valence-electron chi connectivity index (χ4n) is 3.28. The van der Waals surface area contributed by atoms with Gasteiger partial charge in [0.2, 0.25) is 0 Å². The first-order valence-corrected chi connectivity index (χ1v) is 9.33. The van der Waals surface area contributed by atoms with Gasteiger partial charge in [-0.25, -0.2) is 4.98 Å². The predicted octanol–water partition coefficient (Wildman–Crippen LogP) is 4.37. The molecule has 1 aromatic carbocycles. The lowest BCUT2D eigenvalue weighted by Crippen LogP contribution is -2.39. The van der Waals surface area contributed by atoms with Crippen molar-refractivity contribution >= 4 is 29.0 Å². The van der Waals surface area contributed by atoms with Crippen LogP contribution in [0.1, 0.15) is 30.1 Å². The van der Waals surface area contributed by atoms with Crippen molar-refractivity contribution in [2.75, 3.05) is 32.6 Å². The van der Waals surface area contributed by atoms with E-state index < -0.39 is 0 Å². The number of benzene rings is 1. The molecule has 144 valence electrons. The van der Waals surface area contributed by atoms with Gasteiger partial charge >= 0.3 is 0 Å². The molecule has 0 radical (unpaired) electrons. The maximum atomic E-state index is 12.8. The maximum absolute atomic E-state index is 12.8. The van der Waals surface area contributed by atoms with Crippen molar-refractivity contribution in [2.45, 2.75) is 19.8 Å². The number of halogens is 1. The van der Waals surface area contributed by atoms with Crippen LogP contribution < -0.4 is 14.8 Å². The number of piperidine rings is 1. The largest absolute Gasteiger partial charge is 0.495 e. The van der Waals surface area contributed by atoms with Crippen LogP contribution in [-0.4, -0.2) is 43.1 Å². The minimum absolute atomic E-state index is 0.0349. The van der Waals surface area contributed by atoms with Crippen molar-refractivity contribution in [3.8, 4) is 11.5 Å². The predicted molar refractivity (Wildman–Crippen MR) is 106 cm³/mol. The number of nitrogens with one attached hydrogen (secondary N) is 1. The van der Waals surface area contributed by atoms with Gasteiger partial charge in [-0.2, -0.15) is 0 Å². The number of likely N-dealkylation sites (tertiary alicyclic amines) is 1. The van der Waals surface area contributed by atoms with Crippen LogP contribution in [0.5, 0.6) is 11.5 Å². The Labute approximate surface area is 164 Å². The zero-order valence-electron chi connectivity index (χ0n) is 15.8. The fourth-order valence-corrected chi connectivity index (χ4v) is 3.52. The summed E-state index contributed by atoms with van der Waals surface area (Å²) in [4.78, 5) is 19.1. The molecule has 27 heavy (non-hydrogen) atoms. The standard InChI is InChI=1S/C20H24ClN3O3/c1-13-5-4-8-24(12-13)20(25)14-6-7-22-19(9-14)23-16-11-17(26-2)15(21)10-18(16)27-3/h6-7,9-11,13H,4-5,8,12H2,1-3H3,(H,22,23). The number of aromatic nitrogens is 1. The molecule has 0 saturated carbocycles. The second-order valence-corrected chi connectivity index (χ2v) is 7.15. The Kier molecular flexibility index (Phi) is 6.06. The smallest absolute Gasteiger partial charge is 0.254 e. The molecule has 6 nitrogen and oxygen atoms in total. The summed E-state index contributed by atoms with van der Waals surface area (Å²) in [5.41, 5.74) is 1.27. The van der Waals surface area contributed by atoms with Gasteiger partial charge in [0.1, 0.15) is 17.3 Å². The normalized spacial score (nSPS) is 16.7. The third-order valence-electron chi connectivity index (χ3n) is 4.69. The Morgan fingerprint density at radius 3 is 2.74 bits per heavy atom. The van der Waals surface area contributed by atoms with Crippen molar-refractivity contribution in [2.24, 2.45) is 5.92 Å². The molecule has 1 unspecified atom stereocenters. The van der Waals surface area contributed by atoms with Crippen LogP contribution in [0.2, 0.25) is 5.02 Å². The van der Waals surface area contributed by atoms with E-state index in [0.29, 0.717) is 39.5 Å². The summed E-state index contributed by atoms with van der Waals surface area (Å²) in [6.07, 6.45) is 3.85. The monoisotopic (exact) mass is 389 g/mol. The summed E-state index contributed by atoms with van der Waals surface area (Å²) in [5.74, 6) is 2.20. The number of methoxy groups -OCH3 is 2. The third kappa shape index (κ3) is 4.45. The van der Waals surface area contributed by atoms with Gasteiger partial charge < -0.3 is 19.7 Å². The molecule has 7 heteroatoms. The highest BCUT2D eigenvalue weighted by atomic mass is 35.5. The third-order valence-corrected chi connectivity index (χ3v) is 4.98. The number of hydrogen-bond donors (Lipinski definition) is 1. The summed E-state index contributed by atoms with van der Waals surface area (Å²) < 4.78 is 10.6. The Balaban J connectivity index is 1.83. The summed E-state index contributed by atoms with van der Waals surface area (Å²) in [7, 11) is 3.11. The second kappa shape index (κ2) is 8.48. The number of rotatable bonds is 5. The van der Waals surface area contributed by atoms with Gasteiger partial charge in [0.05, 0.1) is 24.9 Å². The highest BCUT2D eigenvalue weighted by Crippen LogP contribution is 2.37. The molecule has 1 atom stereocenters. The number of pyridine rings is 1. The van der Waals surface area contributed by atoms with Gasteiger partial charge in [0.15, 0.2) is 0 Å². The zero-order valence-corrected chi connectivity index (χ0v) is 16.5. The van der Waals surface area contributed by atoms with Crippen LogP contribution in [0.3, 0.4) is 0 Å². The van der Waals surface area contributed by atoms with Crippen LogP contribution in [0.25, 0.3) is 0 Å². The number of hydrogen-bond acceptors (Lipinski definition) is 5. The molecule has 1 fully saturated rings. The van der Waals surface area contributed by atoms with Crippen LogP contribution in [0.4, 0.5) is 11.5 Å². The van der Waals surface area contributed by atoms with Crippen molar-refractivity contribution in [3.05, 3.63) is 41.0 Å². The van der Waals surface area contributed by atoms with E-state index in [1.807, 2.05) is 4.90 Å². The summed E-state index contributed by atoms with van der Waals surface area (Å²) in [6.45, 7) is 3.78. The van der Waals surface area contributed by atoms with Crippen molar-refractivity contribution in [3.63, 3.8) is 0 Å². The Morgan fingerprint density at radius 2 is 2.04 bits per heavy atom. The first-order valence-electron chi connectivity index (χ1n) is 8.95. The molecule has 1 N–H and O–H groups in total. The van der Waals surface area contributed by atoms with Gasteiger partial charge in [-0.1, -0.05) is 18.5 Å². The van der Waals surface area contributed by atoms with Crippen LogP contribution >= 0.6 is 11.6 Å². The van der Waals surface area contributed by atoms with E-state index >= 15 is 0 Å². The van der Waals surface area contributed by atoms with Gasteiger partial charge in [0.25, 0.3) is 5.91 Å². The molecule has 1 amide bonds. The molecule has 0 spiro atoms. The van der Waals surface area contributed by atoms with E-state index in [4.69, 9.17) is 21.1 Å². The number of anilines is 2. The number of carbonyl (C=O) groups excluding carboxylic acids is 1. The number of carbonyl (C=O) groups is 1. The van der Waals surface area contributed by atoms with E-state index in [2.05, 4.69) is 17.2 Å². The first kappa shape index (κ1) is 19.3. The van der Waals surface area contributed by atoms with E-state index in [0.717, 1.165) is 19.5 Å². The molecule has 1 aromatic heterocycles. The molecule has 0 aliphatic carbocycles. The van der Waals surface area contributed by atoms with Crippen molar-refractivity contribution in [1.29, 1.82) is 0 Å². The number of ether oxygens (including phenoxy) is 2. The van der Waals surface area contributed by atoms with Crippen LogP contribution in [0.15, 0.2) is 30.5 Å². The minimum atomic E-state index is 0.0349. The van der Waals surface area contributed by atoms with Crippen molar-refractivity contribution < 1.29 is 14.3 Å². The summed E-state index contributed by atoms with van der Waals surface area (Å²) in [5, 5.41) is 3.64. The molecule has 1 aliphatic rings. The highest BCUT2D eigenvalue weighted by Gasteiger charge is 2.22. The summed E-state index contributed by atoms with van der Waals surface area (Å²) in [6, 6.07) is 6.91. The van der Waals surface area contributed by atoms with E-state index in [1.54, 1.807) is 44.7 Å². The zero-order chi connectivity index (χ0) is 19.4. The molecular formula is C20H24ClN3O3. The molecule has 2 heterocycles. The maximum Gasteiger partial charge on any atom is 0.254 e. The molecule has 0 bridgehead atoms. The lowest BCUT2D eigenvalue weighted by atomic mass is 9.99. The highest BCUT2D eigenvalue weighted by molar-refractivity contribution is 6.32. The van der Waals surface area contributed by atoms with E-state index in [1.165, 1.54) is 6.42 Å². The lowest BCUT2D eigenvalue weighted by molar-refractivity contribution is 0.0683. The topological polar surface area (TPSA) is 63.7 Å². The van der Waals surface area contributed by atoms with Gasteiger partial charge in [0, 0.05) is 37.0 Å². The van der Waals surface area contributed by atoms with Crippen LogP contribution in [0, 0.1) is 5.92 Å². The van der Waals surface area contributed by atoms with E-state index in [9.17, 15) is 4.79 Å². The minimum Gasteiger partial charge on any atom is -0.495 e. The number of amides is 1. The Hall–Kier alpha value is -2.47. The molecular weight excluding hydrogens is 366 g/mol. The average molecular weight is 390 g/mol. The average Bonchev–Trinajstić information content (AvgIpc) is 2.68. The molecule has 1 aliphatic heterocycles. The Morgan fingerprint density at radius 1 is 1.26 bits per heavy atom. The lowest BCUT2D eigenvalue weighted by Gasteiger charge is -2.31. The SMILES string of the molecule is COc1cc(Nc2cc(C(=O)N3CCCC(C)C3)ccn2)c(OC)cc1Cl. The van der Waals surface area contributed by atoms with Gasteiger partial charge in [-0.15, -0.1) is 0 Å². The van der Waals surface area contributed by atoms with Crippen LogP contribution in [-0.2, 0) is 0 Å². The van der Waals surface area contributed by atoms with Gasteiger partial charge in [-0.05, 0) is 30.9 Å². The Bertz CT molecular complexity index is 828. The molecule has 2 aromatic rings.